The van der Waals surface area contributed by atoms with Gasteiger partial charge in [-0.25, -0.2) is 9.79 Å². The van der Waals surface area contributed by atoms with Gasteiger partial charge in [0.1, 0.15) is 22.1 Å². The summed E-state index contributed by atoms with van der Waals surface area (Å²) in [5.41, 5.74) is 1.61. The predicted octanol–water partition coefficient (Wildman–Crippen LogP) is 6.26. The maximum absolute atomic E-state index is 12.5. The minimum Gasteiger partial charge on any atom is -0.506 e. The molecule has 0 atom stereocenters. The number of carbonyl (C=O) groups excluding carboxylic acids is 1. The zero-order valence-corrected chi connectivity index (χ0v) is 20.2. The van der Waals surface area contributed by atoms with Crippen LogP contribution < -0.4 is 4.74 Å². The molecule has 3 rings (SSSR count). The number of thioether (sulfide) groups is 1. The highest BCUT2D eigenvalue weighted by Crippen LogP contribution is 2.41. The van der Waals surface area contributed by atoms with Gasteiger partial charge in [0.15, 0.2) is 0 Å². The van der Waals surface area contributed by atoms with E-state index in [0.29, 0.717) is 15.6 Å². The molecule has 0 fully saturated rings. The summed E-state index contributed by atoms with van der Waals surface area (Å²) in [6.07, 6.45) is 1.80. The van der Waals surface area contributed by atoms with Crippen LogP contribution in [0.5, 0.6) is 5.75 Å². The molecule has 2 aromatic carbocycles. The Morgan fingerprint density at radius 1 is 1.31 bits per heavy atom. The summed E-state index contributed by atoms with van der Waals surface area (Å²) in [6.45, 7) is 1.93. The molecule has 5 nitrogen and oxygen atoms in total. The molecule has 2 aromatic rings. The molecule has 150 valence electrons. The number of benzene rings is 2. The number of aliphatic imine (C=N–C) groups is 1. The van der Waals surface area contributed by atoms with Crippen LogP contribution in [0.4, 0.5) is 5.69 Å². The van der Waals surface area contributed by atoms with E-state index in [1.165, 1.54) is 11.8 Å². The van der Waals surface area contributed by atoms with E-state index in [0.717, 1.165) is 19.4 Å². The zero-order chi connectivity index (χ0) is 21.0. The number of rotatable bonds is 5. The fraction of sp³-hybridized carbons (Fsp3) is 0.143. The normalized spacial score (nSPS) is 16.6. The SMILES string of the molecule is CCOC(=O)C1=C(O)/C(=C/c2cc(Br)c(OC)c(I)c2)SC1=Nc1ccccc1. The van der Waals surface area contributed by atoms with Crippen molar-refractivity contribution in [1.29, 1.82) is 0 Å². The molecule has 1 aliphatic rings. The van der Waals surface area contributed by atoms with E-state index in [1.54, 1.807) is 20.1 Å². The average Bonchev–Trinajstić information content (AvgIpc) is 2.97. The first-order chi connectivity index (χ1) is 13.9. The van der Waals surface area contributed by atoms with Crippen LogP contribution in [0.25, 0.3) is 6.08 Å². The zero-order valence-electron chi connectivity index (χ0n) is 15.6. The third-order valence-electron chi connectivity index (χ3n) is 3.88. The Bertz CT molecular complexity index is 1010. The van der Waals surface area contributed by atoms with Crippen LogP contribution >= 0.6 is 50.3 Å². The van der Waals surface area contributed by atoms with Gasteiger partial charge in [-0.15, -0.1) is 0 Å². The molecule has 0 amide bonds. The lowest BCUT2D eigenvalue weighted by Crippen LogP contribution is -2.12. The van der Waals surface area contributed by atoms with Gasteiger partial charge in [-0.3, -0.25) is 0 Å². The smallest absolute Gasteiger partial charge is 0.344 e. The van der Waals surface area contributed by atoms with Crippen molar-refractivity contribution in [3.63, 3.8) is 0 Å². The van der Waals surface area contributed by atoms with Gasteiger partial charge in [0.25, 0.3) is 0 Å². The Labute approximate surface area is 195 Å². The third-order valence-corrected chi connectivity index (χ3v) is 6.29. The molecule has 8 heteroatoms. The van der Waals surface area contributed by atoms with Crippen molar-refractivity contribution in [2.75, 3.05) is 13.7 Å². The second kappa shape index (κ2) is 9.82. The number of aliphatic hydroxyl groups excluding tert-OH is 1. The molecule has 29 heavy (non-hydrogen) atoms. The monoisotopic (exact) mass is 585 g/mol. The summed E-state index contributed by atoms with van der Waals surface area (Å²) < 4.78 is 12.2. The lowest BCUT2D eigenvalue weighted by Gasteiger charge is -2.07. The Morgan fingerprint density at radius 3 is 2.66 bits per heavy atom. The average molecular weight is 586 g/mol. The van der Waals surface area contributed by atoms with Gasteiger partial charge in [-0.2, -0.15) is 0 Å². The first kappa shape index (κ1) is 21.9. The molecule has 1 N–H and O–H groups in total. The molecular weight excluding hydrogens is 569 g/mol. The molecule has 1 heterocycles. The lowest BCUT2D eigenvalue weighted by atomic mass is 10.1. The Balaban J connectivity index is 2.06. The van der Waals surface area contributed by atoms with Gasteiger partial charge in [0.05, 0.1) is 32.4 Å². The van der Waals surface area contributed by atoms with Crippen molar-refractivity contribution in [1.82, 2.24) is 0 Å². The Morgan fingerprint density at radius 2 is 2.03 bits per heavy atom. The number of carbonyl (C=O) groups is 1. The predicted molar refractivity (Wildman–Crippen MR) is 129 cm³/mol. The van der Waals surface area contributed by atoms with Crippen LogP contribution in [0.1, 0.15) is 12.5 Å². The van der Waals surface area contributed by atoms with Crippen LogP contribution in [0.15, 0.2) is 68.2 Å². The fourth-order valence-corrected chi connectivity index (χ4v) is 5.54. The molecule has 0 bridgehead atoms. The summed E-state index contributed by atoms with van der Waals surface area (Å²) in [6, 6.07) is 13.1. The molecule has 0 aliphatic carbocycles. The molecule has 0 saturated carbocycles. The fourth-order valence-electron chi connectivity index (χ4n) is 2.62. The first-order valence-corrected chi connectivity index (χ1v) is 11.3. The van der Waals surface area contributed by atoms with Gasteiger partial charge in [0.2, 0.25) is 0 Å². The second-order valence-corrected chi connectivity index (χ2v) is 8.87. The molecule has 0 saturated heterocycles. The van der Waals surface area contributed by atoms with Crippen molar-refractivity contribution in [2.24, 2.45) is 4.99 Å². The van der Waals surface area contributed by atoms with Crippen molar-refractivity contribution in [3.8, 4) is 5.75 Å². The lowest BCUT2D eigenvalue weighted by molar-refractivity contribution is -0.138. The van der Waals surface area contributed by atoms with Crippen LogP contribution in [0.3, 0.4) is 0 Å². The number of para-hydroxylation sites is 1. The van der Waals surface area contributed by atoms with Gasteiger partial charge >= 0.3 is 5.97 Å². The number of hydrogen-bond donors (Lipinski definition) is 1. The quantitative estimate of drug-likeness (QED) is 0.331. The van der Waals surface area contributed by atoms with E-state index in [4.69, 9.17) is 9.47 Å². The van der Waals surface area contributed by atoms with E-state index < -0.39 is 5.97 Å². The van der Waals surface area contributed by atoms with Crippen molar-refractivity contribution in [2.45, 2.75) is 6.92 Å². The maximum atomic E-state index is 12.5. The highest BCUT2D eigenvalue weighted by atomic mass is 127. The highest BCUT2D eigenvalue weighted by molar-refractivity contribution is 14.1. The van der Waals surface area contributed by atoms with Gasteiger partial charge in [-0.05, 0) is 81.3 Å². The third kappa shape index (κ3) is 5.04. The topological polar surface area (TPSA) is 68.1 Å². The standard InChI is InChI=1S/C21H17BrINO4S/c1-3-28-21(26)17-18(25)16(29-20(17)24-13-7-5-4-6-8-13)11-12-9-14(22)19(27-2)15(23)10-12/h4-11,25H,3H2,1-2H3/b16-11-,24-20?. The van der Waals surface area contributed by atoms with Crippen molar-refractivity contribution < 1.29 is 19.4 Å². The summed E-state index contributed by atoms with van der Waals surface area (Å²) >= 11 is 6.91. The molecule has 1 aliphatic heterocycles. The van der Waals surface area contributed by atoms with Crippen LogP contribution in [0, 0.1) is 3.57 Å². The maximum Gasteiger partial charge on any atom is 0.344 e. The summed E-state index contributed by atoms with van der Waals surface area (Å²) in [5, 5.41) is 11.2. The minimum absolute atomic E-state index is 0.0780. The largest absolute Gasteiger partial charge is 0.506 e. The van der Waals surface area contributed by atoms with Crippen LogP contribution in [-0.2, 0) is 9.53 Å². The second-order valence-electron chi connectivity index (χ2n) is 5.83. The van der Waals surface area contributed by atoms with E-state index in [-0.39, 0.29) is 17.9 Å². The number of halogens is 2. The molecular formula is C21H17BrINO4S. The van der Waals surface area contributed by atoms with Gasteiger partial charge < -0.3 is 14.6 Å². The number of hydrogen-bond acceptors (Lipinski definition) is 6. The van der Waals surface area contributed by atoms with E-state index in [1.807, 2.05) is 42.5 Å². The number of esters is 1. The molecule has 0 unspecified atom stereocenters. The van der Waals surface area contributed by atoms with Crippen molar-refractivity contribution in [3.05, 3.63) is 72.3 Å². The highest BCUT2D eigenvalue weighted by Gasteiger charge is 2.33. The van der Waals surface area contributed by atoms with E-state index in [2.05, 4.69) is 43.5 Å². The number of nitrogens with zero attached hydrogens (tertiary/aromatic N) is 1. The Kier molecular flexibility index (Phi) is 7.42. The molecule has 0 radical (unpaired) electrons. The van der Waals surface area contributed by atoms with Crippen LogP contribution in [-0.4, -0.2) is 29.8 Å². The number of aliphatic hydroxyl groups is 1. The molecule has 0 spiro atoms. The van der Waals surface area contributed by atoms with Gasteiger partial charge in [-0.1, -0.05) is 30.0 Å². The first-order valence-electron chi connectivity index (χ1n) is 8.62. The van der Waals surface area contributed by atoms with Gasteiger partial charge in [0, 0.05) is 0 Å². The number of methoxy groups -OCH3 is 1. The van der Waals surface area contributed by atoms with Crippen molar-refractivity contribution >= 4 is 73.1 Å². The molecule has 0 aromatic heterocycles. The summed E-state index contributed by atoms with van der Waals surface area (Å²) in [5.74, 6) is 0.0104. The number of ether oxygens (including phenoxy) is 2. The summed E-state index contributed by atoms with van der Waals surface area (Å²) in [4.78, 5) is 17.5. The summed E-state index contributed by atoms with van der Waals surface area (Å²) in [7, 11) is 1.61. The minimum atomic E-state index is -0.596. The van der Waals surface area contributed by atoms with E-state index in [9.17, 15) is 9.90 Å². The van der Waals surface area contributed by atoms with Crippen LogP contribution in [0.2, 0.25) is 0 Å². The van der Waals surface area contributed by atoms with E-state index >= 15 is 0 Å². The Hall–Kier alpha value is -1.78.